The molecule has 0 spiro atoms. The number of hydrogen-bond acceptors (Lipinski definition) is 7. The fraction of sp³-hybridized carbons (Fsp3) is 0.400. The van der Waals surface area contributed by atoms with E-state index >= 15 is 0 Å². The van der Waals surface area contributed by atoms with Gasteiger partial charge >= 0.3 is 5.97 Å². The van der Waals surface area contributed by atoms with Gasteiger partial charge in [-0.2, -0.15) is 0 Å². The van der Waals surface area contributed by atoms with Crippen LogP contribution in [-0.2, 0) is 32.0 Å². The molecule has 45 heavy (non-hydrogen) atoms. The average Bonchev–Trinajstić information content (AvgIpc) is 3.00. The van der Waals surface area contributed by atoms with Crippen molar-refractivity contribution in [2.45, 2.75) is 62.7 Å². The fourth-order valence-electron chi connectivity index (χ4n) is 4.40. The normalized spacial score (nSPS) is 13.3. The number of carbonyl (C=O) groups excluding carboxylic acids is 3. The molecule has 0 unspecified atom stereocenters. The first kappa shape index (κ1) is 36.0. The molecule has 4 atom stereocenters. The Hall–Kier alpha value is -5.18. The number of rotatable bonds is 19. The Labute approximate surface area is 262 Å². The minimum absolute atomic E-state index is 0.0554. The van der Waals surface area contributed by atoms with Gasteiger partial charge in [-0.1, -0.05) is 60.7 Å². The molecule has 0 fully saturated rings. The Balaban J connectivity index is 2.22. The van der Waals surface area contributed by atoms with Gasteiger partial charge in [0.1, 0.15) is 18.1 Å². The van der Waals surface area contributed by atoms with Crippen molar-refractivity contribution in [2.75, 3.05) is 13.1 Å². The Kier molecular flexibility index (Phi) is 15.3. The van der Waals surface area contributed by atoms with E-state index in [0.29, 0.717) is 19.4 Å². The Morgan fingerprint density at radius 3 is 1.47 bits per heavy atom. The third kappa shape index (κ3) is 14.2. The summed E-state index contributed by atoms with van der Waals surface area (Å²) in [5.74, 6) is -3.62. The third-order valence-electron chi connectivity index (χ3n) is 6.77. The fourth-order valence-corrected chi connectivity index (χ4v) is 4.40. The van der Waals surface area contributed by atoms with Crippen LogP contribution in [0.25, 0.3) is 0 Å². The molecule has 15 nitrogen and oxygen atoms in total. The van der Waals surface area contributed by atoms with Crippen LogP contribution in [-0.4, -0.2) is 78.0 Å². The van der Waals surface area contributed by atoms with Crippen LogP contribution in [0.1, 0.15) is 36.8 Å². The van der Waals surface area contributed by atoms with Crippen LogP contribution in [0.5, 0.6) is 0 Å². The summed E-state index contributed by atoms with van der Waals surface area (Å²) in [6.07, 6.45) is 1.26. The van der Waals surface area contributed by atoms with Gasteiger partial charge in [0.2, 0.25) is 17.7 Å². The van der Waals surface area contributed by atoms with E-state index in [4.69, 9.17) is 28.0 Å². The van der Waals surface area contributed by atoms with Gasteiger partial charge in [0, 0.05) is 25.9 Å². The molecular weight excluding hydrogens is 580 g/mol. The summed E-state index contributed by atoms with van der Waals surface area (Å²) in [4.78, 5) is 52.1. The molecule has 244 valence electrons. The maximum Gasteiger partial charge on any atom is 0.326 e. The quantitative estimate of drug-likeness (QED) is 0.0508. The van der Waals surface area contributed by atoms with Gasteiger partial charge in [-0.05, 0) is 36.8 Å². The van der Waals surface area contributed by atoms with E-state index in [2.05, 4.69) is 26.6 Å². The molecule has 0 saturated carbocycles. The van der Waals surface area contributed by atoms with Gasteiger partial charge in [0.05, 0.1) is 6.04 Å². The van der Waals surface area contributed by atoms with Gasteiger partial charge < -0.3 is 48.9 Å². The van der Waals surface area contributed by atoms with Crippen LogP contribution in [0.4, 0.5) is 0 Å². The Morgan fingerprint density at radius 1 is 0.644 bits per heavy atom. The van der Waals surface area contributed by atoms with Gasteiger partial charge in [-0.3, -0.25) is 25.2 Å². The summed E-state index contributed by atoms with van der Waals surface area (Å²) in [5.41, 5.74) is 18.1. The predicted molar refractivity (Wildman–Crippen MR) is 170 cm³/mol. The lowest BCUT2D eigenvalue weighted by atomic mass is 10.0. The zero-order valence-corrected chi connectivity index (χ0v) is 25.1. The van der Waals surface area contributed by atoms with Gasteiger partial charge in [-0.25, -0.2) is 4.79 Å². The summed E-state index contributed by atoms with van der Waals surface area (Å²) in [6.45, 7) is 0.598. The molecule has 2 aromatic carbocycles. The lowest BCUT2D eigenvalue weighted by molar-refractivity contribution is -0.142. The van der Waals surface area contributed by atoms with E-state index < -0.39 is 47.9 Å². The van der Waals surface area contributed by atoms with Crippen molar-refractivity contribution in [1.29, 1.82) is 10.8 Å². The highest BCUT2D eigenvalue weighted by Gasteiger charge is 2.30. The molecule has 0 aliphatic carbocycles. The van der Waals surface area contributed by atoms with Crippen molar-refractivity contribution in [3.05, 3.63) is 71.8 Å². The van der Waals surface area contributed by atoms with Crippen molar-refractivity contribution in [3.8, 4) is 0 Å². The number of guanidine groups is 2. The Bertz CT molecular complexity index is 1280. The summed E-state index contributed by atoms with van der Waals surface area (Å²) >= 11 is 0. The first-order chi connectivity index (χ1) is 21.5. The molecule has 14 N–H and O–H groups in total. The highest BCUT2D eigenvalue weighted by Crippen LogP contribution is 2.09. The third-order valence-corrected chi connectivity index (χ3v) is 6.77. The van der Waals surface area contributed by atoms with Crippen LogP contribution >= 0.6 is 0 Å². The van der Waals surface area contributed by atoms with Gasteiger partial charge in [0.25, 0.3) is 0 Å². The summed E-state index contributed by atoms with van der Waals surface area (Å²) in [6, 6.07) is 13.5. The molecule has 0 bridgehead atoms. The van der Waals surface area contributed by atoms with E-state index in [-0.39, 0.29) is 44.1 Å². The van der Waals surface area contributed by atoms with Crippen LogP contribution in [0.2, 0.25) is 0 Å². The molecule has 0 radical (unpaired) electrons. The second-order valence-electron chi connectivity index (χ2n) is 10.5. The number of aliphatic carboxylic acids is 1. The van der Waals surface area contributed by atoms with Crippen molar-refractivity contribution < 1.29 is 24.3 Å². The minimum Gasteiger partial charge on any atom is -0.480 e. The smallest absolute Gasteiger partial charge is 0.326 e. The number of benzene rings is 2. The molecular formula is C30H44N10O5. The maximum atomic E-state index is 13.7. The van der Waals surface area contributed by atoms with Crippen molar-refractivity contribution in [3.63, 3.8) is 0 Å². The Morgan fingerprint density at radius 2 is 1.04 bits per heavy atom. The van der Waals surface area contributed by atoms with Crippen molar-refractivity contribution >= 4 is 35.6 Å². The first-order valence-electron chi connectivity index (χ1n) is 14.6. The van der Waals surface area contributed by atoms with Gasteiger partial charge in [-0.15, -0.1) is 0 Å². The van der Waals surface area contributed by atoms with E-state index in [9.17, 15) is 24.3 Å². The number of nitrogens with two attached hydrogens (primary N) is 3. The van der Waals surface area contributed by atoms with Crippen molar-refractivity contribution in [1.82, 2.24) is 26.6 Å². The largest absolute Gasteiger partial charge is 0.480 e. The lowest BCUT2D eigenvalue weighted by Crippen LogP contribution is -2.58. The molecule has 0 heterocycles. The molecule has 2 aromatic rings. The van der Waals surface area contributed by atoms with E-state index in [0.717, 1.165) is 11.1 Å². The van der Waals surface area contributed by atoms with Crippen LogP contribution in [0.3, 0.4) is 0 Å². The van der Waals surface area contributed by atoms with Crippen LogP contribution in [0.15, 0.2) is 60.7 Å². The van der Waals surface area contributed by atoms with Gasteiger partial charge in [0.15, 0.2) is 11.9 Å². The summed E-state index contributed by atoms with van der Waals surface area (Å²) < 4.78 is 0. The average molecular weight is 625 g/mol. The molecule has 3 amide bonds. The van der Waals surface area contributed by atoms with E-state index in [1.807, 2.05) is 6.07 Å². The molecule has 15 heteroatoms. The van der Waals surface area contributed by atoms with Crippen LogP contribution < -0.4 is 43.8 Å². The second-order valence-corrected chi connectivity index (χ2v) is 10.5. The first-order valence-corrected chi connectivity index (χ1v) is 14.6. The number of carboxylic acid groups (broad SMARTS) is 1. The zero-order valence-electron chi connectivity index (χ0n) is 25.1. The minimum atomic E-state index is -1.25. The maximum absolute atomic E-state index is 13.7. The molecule has 2 rings (SSSR count). The topological polar surface area (TPSA) is 274 Å². The highest BCUT2D eigenvalue weighted by molar-refractivity contribution is 5.94. The molecule has 0 aliphatic heterocycles. The van der Waals surface area contributed by atoms with Crippen molar-refractivity contribution in [2.24, 2.45) is 17.2 Å². The summed E-state index contributed by atoms with van der Waals surface area (Å²) in [5, 5.41) is 37.3. The second kappa shape index (κ2) is 19.2. The number of nitrogens with one attached hydrogen (secondary N) is 7. The summed E-state index contributed by atoms with van der Waals surface area (Å²) in [7, 11) is 0. The number of carbonyl (C=O) groups is 4. The van der Waals surface area contributed by atoms with Crippen LogP contribution in [0, 0.1) is 10.8 Å². The molecule has 0 saturated heterocycles. The predicted octanol–water partition coefficient (Wildman–Crippen LogP) is -1.14. The molecule has 0 aliphatic rings. The highest BCUT2D eigenvalue weighted by atomic mass is 16.4. The zero-order chi connectivity index (χ0) is 33.2. The standard InChI is InChI=1S/C30H44N10O5/c31-21(13-7-15-36-29(32)33)25(41)39-23(17-19-9-3-1-4-10-19)27(43)40-24(18-20-11-5-2-6-12-20)26(42)38-22(28(44)45)14-8-16-37-30(34)35/h1-6,9-12,21-24H,7-8,13-18,31H2,(H,38,42)(H,39,41)(H,40,43)(H,44,45)(H4,32,33,36)(H4,34,35,37)/t21-,22-,23-,24-/m0/s1. The lowest BCUT2D eigenvalue weighted by Gasteiger charge is -2.25. The monoisotopic (exact) mass is 624 g/mol. The number of carboxylic acids is 1. The molecule has 0 aromatic heterocycles. The SMILES string of the molecule is N=C(N)NCCC[C@H](NC(=O)[C@H](Cc1ccccc1)NC(=O)[C@H](Cc1ccccc1)NC(=O)[C@@H](N)CCCNC(=N)N)C(=O)O. The number of amides is 3. The van der Waals surface area contributed by atoms with E-state index in [1.165, 1.54) is 0 Å². The number of hydrogen-bond donors (Lipinski definition) is 11. The van der Waals surface area contributed by atoms with E-state index in [1.54, 1.807) is 54.6 Å².